The third kappa shape index (κ3) is 2.10. The molecule has 0 atom stereocenters. The van der Waals surface area contributed by atoms with Gasteiger partial charge in [-0.2, -0.15) is 0 Å². The van der Waals surface area contributed by atoms with Gasteiger partial charge in [-0.25, -0.2) is 0 Å². The largest absolute Gasteiger partial charge is 0.120 e. The average molecular weight is 209 g/mol. The molecule has 0 N–H and O–H groups in total. The Bertz CT molecular complexity index is 294. The molecule has 0 saturated carbocycles. The van der Waals surface area contributed by atoms with Crippen molar-refractivity contribution in [3.8, 4) is 12.3 Å². The van der Waals surface area contributed by atoms with Crippen LogP contribution in [0.25, 0.3) is 0 Å². The molecule has 0 aromatic heterocycles. The molecule has 0 nitrogen and oxygen atoms in total. The van der Waals surface area contributed by atoms with Crippen molar-refractivity contribution in [1.82, 2.24) is 0 Å². The normalized spacial score (nSPS) is 9.18. The van der Waals surface area contributed by atoms with Gasteiger partial charge in [-0.15, -0.1) is 12.3 Å². The van der Waals surface area contributed by atoms with E-state index in [2.05, 4.69) is 47.0 Å². The van der Waals surface area contributed by atoms with Gasteiger partial charge in [0.15, 0.2) is 0 Å². The number of hydrogen-bond donors (Lipinski definition) is 0. The lowest BCUT2D eigenvalue weighted by atomic mass is 10.1. The van der Waals surface area contributed by atoms with E-state index in [0.717, 1.165) is 4.47 Å². The van der Waals surface area contributed by atoms with Crippen LogP contribution in [-0.2, 0) is 6.42 Å². The molecule has 1 aromatic carbocycles. The highest BCUT2D eigenvalue weighted by atomic mass is 79.9. The van der Waals surface area contributed by atoms with Crippen molar-refractivity contribution >= 4 is 15.9 Å². The predicted octanol–water partition coefficient (Wildman–Crippen LogP) is 2.93. The Morgan fingerprint density at radius 3 is 2.82 bits per heavy atom. The van der Waals surface area contributed by atoms with E-state index in [1.54, 1.807) is 0 Å². The Morgan fingerprint density at radius 2 is 2.27 bits per heavy atom. The van der Waals surface area contributed by atoms with Gasteiger partial charge < -0.3 is 0 Å². The lowest BCUT2D eigenvalue weighted by molar-refractivity contribution is 1.27. The minimum Gasteiger partial charge on any atom is -0.120 e. The second kappa shape index (κ2) is 3.59. The van der Waals surface area contributed by atoms with Gasteiger partial charge in [0.25, 0.3) is 0 Å². The van der Waals surface area contributed by atoms with E-state index in [1.165, 1.54) is 11.1 Å². The number of benzene rings is 1. The molecule has 0 amide bonds. The van der Waals surface area contributed by atoms with Crippen molar-refractivity contribution in [2.75, 3.05) is 0 Å². The summed E-state index contributed by atoms with van der Waals surface area (Å²) < 4.78 is 1.11. The van der Waals surface area contributed by atoms with E-state index < -0.39 is 0 Å². The Kier molecular flexibility index (Phi) is 2.73. The maximum Gasteiger partial charge on any atom is 0.0348 e. The standard InChI is InChI=1S/C10H9Br/c1-3-4-9-6-5-8(2)7-10(9)11/h1,5-7H,4H2,2H3. The zero-order valence-electron chi connectivity index (χ0n) is 6.39. The van der Waals surface area contributed by atoms with Crippen molar-refractivity contribution in [1.29, 1.82) is 0 Å². The van der Waals surface area contributed by atoms with E-state index >= 15 is 0 Å². The quantitative estimate of drug-likeness (QED) is 0.624. The first-order chi connectivity index (χ1) is 5.24. The van der Waals surface area contributed by atoms with Gasteiger partial charge in [-0.3, -0.25) is 0 Å². The summed E-state index contributed by atoms with van der Waals surface area (Å²) in [5.74, 6) is 2.61. The second-order valence-electron chi connectivity index (χ2n) is 2.48. The first kappa shape index (κ1) is 8.36. The van der Waals surface area contributed by atoms with Crippen molar-refractivity contribution in [3.63, 3.8) is 0 Å². The first-order valence-corrected chi connectivity index (χ1v) is 4.22. The van der Waals surface area contributed by atoms with Gasteiger partial charge in [0.05, 0.1) is 0 Å². The molecule has 0 aliphatic rings. The number of terminal acetylenes is 1. The third-order valence-electron chi connectivity index (χ3n) is 1.50. The Balaban J connectivity index is 3.01. The van der Waals surface area contributed by atoms with Gasteiger partial charge in [0.1, 0.15) is 0 Å². The molecule has 0 spiro atoms. The molecule has 11 heavy (non-hydrogen) atoms. The van der Waals surface area contributed by atoms with Crippen LogP contribution in [0.4, 0.5) is 0 Å². The van der Waals surface area contributed by atoms with Crippen LogP contribution < -0.4 is 0 Å². The van der Waals surface area contributed by atoms with Crippen LogP contribution in [0.3, 0.4) is 0 Å². The topological polar surface area (TPSA) is 0 Å². The highest BCUT2D eigenvalue weighted by Crippen LogP contribution is 2.18. The molecular formula is C10H9Br. The second-order valence-corrected chi connectivity index (χ2v) is 3.33. The summed E-state index contributed by atoms with van der Waals surface area (Å²) in [6, 6.07) is 6.20. The zero-order chi connectivity index (χ0) is 8.27. The maximum atomic E-state index is 5.20. The molecule has 0 heterocycles. The molecule has 0 unspecified atom stereocenters. The number of rotatable bonds is 1. The Labute approximate surface area is 75.8 Å². The summed E-state index contributed by atoms with van der Waals surface area (Å²) >= 11 is 3.45. The average Bonchev–Trinajstić information content (AvgIpc) is 1.95. The lowest BCUT2D eigenvalue weighted by Crippen LogP contribution is -1.83. The fraction of sp³-hybridized carbons (Fsp3) is 0.200. The van der Waals surface area contributed by atoms with Crippen molar-refractivity contribution < 1.29 is 0 Å². The minimum atomic E-state index is 0.695. The summed E-state index contributed by atoms with van der Waals surface area (Å²) in [5.41, 5.74) is 2.43. The smallest absolute Gasteiger partial charge is 0.0348 e. The summed E-state index contributed by atoms with van der Waals surface area (Å²) in [5, 5.41) is 0. The van der Waals surface area contributed by atoms with Crippen LogP contribution >= 0.6 is 15.9 Å². The minimum absolute atomic E-state index is 0.695. The number of aryl methyl sites for hydroxylation is 1. The first-order valence-electron chi connectivity index (χ1n) is 3.42. The zero-order valence-corrected chi connectivity index (χ0v) is 7.98. The van der Waals surface area contributed by atoms with Gasteiger partial charge >= 0.3 is 0 Å². The van der Waals surface area contributed by atoms with E-state index in [9.17, 15) is 0 Å². The summed E-state index contributed by atoms with van der Waals surface area (Å²) in [4.78, 5) is 0. The van der Waals surface area contributed by atoms with Crippen LogP contribution in [-0.4, -0.2) is 0 Å². The number of hydrogen-bond acceptors (Lipinski definition) is 0. The van der Waals surface area contributed by atoms with E-state index in [4.69, 9.17) is 6.42 Å². The van der Waals surface area contributed by atoms with Crippen molar-refractivity contribution in [3.05, 3.63) is 33.8 Å². The Hall–Kier alpha value is -0.740. The van der Waals surface area contributed by atoms with Gasteiger partial charge in [0.2, 0.25) is 0 Å². The maximum absolute atomic E-state index is 5.20. The van der Waals surface area contributed by atoms with Gasteiger partial charge in [-0.05, 0) is 24.1 Å². The lowest BCUT2D eigenvalue weighted by Gasteiger charge is -2.00. The summed E-state index contributed by atoms with van der Waals surface area (Å²) in [6.45, 7) is 2.06. The van der Waals surface area contributed by atoms with Crippen LogP contribution in [0.5, 0.6) is 0 Å². The predicted molar refractivity (Wildman–Crippen MR) is 51.4 cm³/mol. The fourth-order valence-electron chi connectivity index (χ4n) is 0.906. The molecule has 56 valence electrons. The van der Waals surface area contributed by atoms with E-state index in [-0.39, 0.29) is 0 Å². The van der Waals surface area contributed by atoms with E-state index in [0.29, 0.717) is 6.42 Å². The molecule has 0 aliphatic carbocycles. The molecule has 0 saturated heterocycles. The van der Waals surface area contributed by atoms with Crippen LogP contribution in [0, 0.1) is 19.3 Å². The molecule has 0 radical (unpaired) electrons. The highest BCUT2D eigenvalue weighted by molar-refractivity contribution is 9.10. The monoisotopic (exact) mass is 208 g/mol. The summed E-state index contributed by atoms with van der Waals surface area (Å²) in [7, 11) is 0. The van der Waals surface area contributed by atoms with Gasteiger partial charge in [-0.1, -0.05) is 28.1 Å². The Morgan fingerprint density at radius 1 is 1.55 bits per heavy atom. The summed E-state index contributed by atoms with van der Waals surface area (Å²) in [6.07, 6.45) is 5.89. The fourth-order valence-corrected chi connectivity index (χ4v) is 1.54. The van der Waals surface area contributed by atoms with Crippen LogP contribution in [0.15, 0.2) is 22.7 Å². The molecular weight excluding hydrogens is 200 g/mol. The SMILES string of the molecule is C#CCc1ccc(C)cc1Br. The molecule has 1 rings (SSSR count). The highest BCUT2D eigenvalue weighted by Gasteiger charge is 1.96. The van der Waals surface area contributed by atoms with Crippen molar-refractivity contribution in [2.45, 2.75) is 13.3 Å². The molecule has 0 aliphatic heterocycles. The number of halogens is 1. The van der Waals surface area contributed by atoms with Crippen LogP contribution in [0.2, 0.25) is 0 Å². The van der Waals surface area contributed by atoms with Crippen molar-refractivity contribution in [2.24, 2.45) is 0 Å². The molecule has 0 bridgehead atoms. The van der Waals surface area contributed by atoms with E-state index in [1.807, 2.05) is 0 Å². The molecule has 1 aromatic rings. The third-order valence-corrected chi connectivity index (χ3v) is 2.24. The van der Waals surface area contributed by atoms with Crippen LogP contribution in [0.1, 0.15) is 11.1 Å². The molecule has 1 heteroatoms. The van der Waals surface area contributed by atoms with Gasteiger partial charge in [0, 0.05) is 10.9 Å². The molecule has 0 fully saturated rings.